The Labute approximate surface area is 125 Å². The van der Waals surface area contributed by atoms with Crippen LogP contribution >= 0.6 is 11.3 Å². The van der Waals surface area contributed by atoms with E-state index in [1.165, 1.54) is 19.3 Å². The fourth-order valence-electron chi connectivity index (χ4n) is 3.31. The van der Waals surface area contributed by atoms with Crippen LogP contribution in [-0.2, 0) is 11.2 Å². The molecule has 4 heteroatoms. The summed E-state index contributed by atoms with van der Waals surface area (Å²) in [5.41, 5.74) is 0.394. The number of carboxylic acids is 1. The van der Waals surface area contributed by atoms with E-state index in [0.29, 0.717) is 6.42 Å². The molecule has 1 heterocycles. The molecule has 2 rings (SSSR count). The highest BCUT2D eigenvalue weighted by atomic mass is 32.1. The van der Waals surface area contributed by atoms with Crippen LogP contribution in [0.15, 0.2) is 5.38 Å². The van der Waals surface area contributed by atoms with Crippen molar-refractivity contribution in [1.29, 1.82) is 0 Å². The molecule has 0 aliphatic heterocycles. The maximum Gasteiger partial charge on any atom is 0.310 e. The van der Waals surface area contributed by atoms with Crippen LogP contribution < -0.4 is 0 Å². The molecular weight excluding hydrogens is 270 g/mol. The quantitative estimate of drug-likeness (QED) is 0.843. The molecule has 0 unspecified atom stereocenters. The van der Waals surface area contributed by atoms with Gasteiger partial charge in [-0.3, -0.25) is 4.79 Å². The van der Waals surface area contributed by atoms with Gasteiger partial charge in [0.05, 0.1) is 16.1 Å². The molecule has 112 valence electrons. The lowest BCUT2D eigenvalue weighted by Gasteiger charge is -2.36. The second-order valence-corrected chi connectivity index (χ2v) is 7.27. The molecule has 0 amide bonds. The summed E-state index contributed by atoms with van der Waals surface area (Å²) >= 11 is 1.61. The third-order valence-corrected chi connectivity index (χ3v) is 5.49. The summed E-state index contributed by atoms with van der Waals surface area (Å²) < 4.78 is 0. The van der Waals surface area contributed by atoms with Crippen molar-refractivity contribution < 1.29 is 9.90 Å². The molecule has 0 bridgehead atoms. The van der Waals surface area contributed by atoms with Crippen LogP contribution in [0.4, 0.5) is 0 Å². The number of hydrogen-bond donors (Lipinski definition) is 1. The molecule has 20 heavy (non-hydrogen) atoms. The van der Waals surface area contributed by atoms with E-state index in [0.717, 1.165) is 42.3 Å². The van der Waals surface area contributed by atoms with Gasteiger partial charge in [-0.2, -0.15) is 0 Å². The summed E-state index contributed by atoms with van der Waals surface area (Å²) in [7, 11) is 0. The molecule has 0 spiro atoms. The summed E-state index contributed by atoms with van der Waals surface area (Å²) in [6.45, 7) is 4.19. The van der Waals surface area contributed by atoms with Crippen LogP contribution in [0.1, 0.15) is 62.6 Å². The van der Waals surface area contributed by atoms with Crippen LogP contribution in [0.2, 0.25) is 0 Å². The van der Waals surface area contributed by atoms with E-state index in [1.807, 2.05) is 12.3 Å². The minimum absolute atomic E-state index is 0.566. The van der Waals surface area contributed by atoms with Crippen LogP contribution in [0.3, 0.4) is 0 Å². The first-order valence-corrected chi connectivity index (χ1v) is 8.58. The molecule has 0 atom stereocenters. The van der Waals surface area contributed by atoms with E-state index >= 15 is 0 Å². The van der Waals surface area contributed by atoms with E-state index in [-0.39, 0.29) is 0 Å². The fraction of sp³-hybridized carbons (Fsp3) is 0.750. The fourth-order valence-corrected chi connectivity index (χ4v) is 3.93. The topological polar surface area (TPSA) is 50.2 Å². The van der Waals surface area contributed by atoms with Crippen LogP contribution in [0.5, 0.6) is 0 Å². The normalized spacial score (nSPS) is 26.6. The Morgan fingerprint density at radius 3 is 2.70 bits per heavy atom. The minimum Gasteiger partial charge on any atom is -0.481 e. The van der Waals surface area contributed by atoms with Crippen molar-refractivity contribution in [2.75, 3.05) is 0 Å². The number of aryl methyl sites for hydroxylation is 1. The summed E-state index contributed by atoms with van der Waals surface area (Å²) in [6, 6.07) is 0. The highest BCUT2D eigenvalue weighted by molar-refractivity contribution is 7.09. The van der Waals surface area contributed by atoms with E-state index in [1.54, 1.807) is 11.3 Å². The van der Waals surface area contributed by atoms with Crippen molar-refractivity contribution in [3.63, 3.8) is 0 Å². The Balaban J connectivity index is 2.00. The van der Waals surface area contributed by atoms with Gasteiger partial charge in [-0.1, -0.05) is 26.2 Å². The first kappa shape index (κ1) is 15.5. The van der Waals surface area contributed by atoms with Gasteiger partial charge >= 0.3 is 5.97 Å². The smallest absolute Gasteiger partial charge is 0.310 e. The summed E-state index contributed by atoms with van der Waals surface area (Å²) in [5, 5.41) is 12.7. The summed E-state index contributed by atoms with van der Waals surface area (Å²) in [6.07, 6.45) is 8.13. The minimum atomic E-state index is -0.628. The van der Waals surface area contributed by atoms with Crippen molar-refractivity contribution in [1.82, 2.24) is 4.98 Å². The largest absolute Gasteiger partial charge is 0.481 e. The van der Waals surface area contributed by atoms with Gasteiger partial charge in [0.2, 0.25) is 0 Å². The number of aliphatic carboxylic acids is 1. The number of thiazole rings is 1. The van der Waals surface area contributed by atoms with Crippen LogP contribution in [0.25, 0.3) is 0 Å². The molecule has 1 aromatic rings. The number of aromatic nitrogens is 1. The van der Waals surface area contributed by atoms with Crippen molar-refractivity contribution in [3.8, 4) is 0 Å². The molecule has 1 fully saturated rings. The molecule has 1 saturated carbocycles. The highest BCUT2D eigenvalue weighted by Gasteiger charge is 2.42. The number of nitrogens with zero attached hydrogens (tertiary/aromatic N) is 1. The first-order chi connectivity index (χ1) is 9.55. The maximum absolute atomic E-state index is 11.8. The van der Waals surface area contributed by atoms with Gasteiger partial charge in [0.1, 0.15) is 0 Å². The van der Waals surface area contributed by atoms with Crippen molar-refractivity contribution >= 4 is 17.3 Å². The Bertz CT molecular complexity index is 447. The Hall–Kier alpha value is -0.900. The van der Waals surface area contributed by atoms with Gasteiger partial charge in [-0.25, -0.2) is 4.98 Å². The average molecular weight is 295 g/mol. The molecule has 1 aliphatic carbocycles. The zero-order valence-electron chi connectivity index (χ0n) is 12.5. The lowest BCUT2D eigenvalue weighted by Crippen LogP contribution is -2.37. The SMILES string of the molecule is CCCCC1CCC(Cc2csc(C)n2)(C(=O)O)CC1. The Morgan fingerprint density at radius 2 is 2.20 bits per heavy atom. The molecule has 1 aliphatic rings. The number of carbonyl (C=O) groups is 1. The van der Waals surface area contributed by atoms with E-state index in [9.17, 15) is 9.90 Å². The van der Waals surface area contributed by atoms with Crippen molar-refractivity contribution in [2.45, 2.75) is 65.2 Å². The molecule has 3 nitrogen and oxygen atoms in total. The predicted octanol–water partition coefficient (Wildman–Crippen LogP) is 4.45. The molecule has 0 aromatic carbocycles. The van der Waals surface area contributed by atoms with E-state index in [4.69, 9.17) is 0 Å². The number of hydrogen-bond acceptors (Lipinski definition) is 3. The van der Waals surface area contributed by atoms with E-state index in [2.05, 4.69) is 11.9 Å². The van der Waals surface area contributed by atoms with Gasteiger partial charge < -0.3 is 5.11 Å². The molecule has 0 radical (unpaired) electrons. The summed E-state index contributed by atoms with van der Waals surface area (Å²) in [5.74, 6) is 0.108. The predicted molar refractivity (Wildman–Crippen MR) is 82.1 cm³/mol. The Kier molecular flexibility index (Phi) is 5.19. The molecule has 1 N–H and O–H groups in total. The lowest BCUT2D eigenvalue weighted by atomic mass is 9.67. The number of rotatable bonds is 6. The molecule has 1 aromatic heterocycles. The van der Waals surface area contributed by atoms with E-state index < -0.39 is 11.4 Å². The number of carboxylic acid groups (broad SMARTS) is 1. The van der Waals surface area contributed by atoms with Gasteiger partial charge in [0.25, 0.3) is 0 Å². The third-order valence-electron chi connectivity index (χ3n) is 4.67. The Morgan fingerprint density at radius 1 is 1.50 bits per heavy atom. The first-order valence-electron chi connectivity index (χ1n) is 7.70. The lowest BCUT2D eigenvalue weighted by molar-refractivity contribution is -0.151. The number of unbranched alkanes of at least 4 members (excludes halogenated alkanes) is 1. The van der Waals surface area contributed by atoms with Crippen LogP contribution in [-0.4, -0.2) is 16.1 Å². The molecular formula is C16H25NO2S. The van der Waals surface area contributed by atoms with Gasteiger partial charge in [-0.15, -0.1) is 11.3 Å². The summed E-state index contributed by atoms with van der Waals surface area (Å²) in [4.78, 5) is 16.2. The standard InChI is InChI=1S/C16H25NO2S/c1-3-4-5-13-6-8-16(9-7-13,15(18)19)10-14-11-20-12(2)17-14/h11,13H,3-10H2,1-2H3,(H,18,19). The second kappa shape index (κ2) is 6.70. The van der Waals surface area contributed by atoms with Crippen molar-refractivity contribution in [2.24, 2.45) is 11.3 Å². The van der Waals surface area contributed by atoms with Gasteiger partial charge in [0, 0.05) is 11.8 Å². The average Bonchev–Trinajstić information content (AvgIpc) is 2.83. The zero-order valence-corrected chi connectivity index (χ0v) is 13.3. The van der Waals surface area contributed by atoms with Gasteiger partial charge in [-0.05, 0) is 38.5 Å². The highest BCUT2D eigenvalue weighted by Crippen LogP contribution is 2.43. The second-order valence-electron chi connectivity index (χ2n) is 6.21. The zero-order chi connectivity index (χ0) is 14.6. The van der Waals surface area contributed by atoms with Gasteiger partial charge in [0.15, 0.2) is 0 Å². The van der Waals surface area contributed by atoms with Crippen LogP contribution in [0, 0.1) is 18.3 Å². The maximum atomic E-state index is 11.8. The third kappa shape index (κ3) is 3.60. The monoisotopic (exact) mass is 295 g/mol. The molecule has 0 saturated heterocycles. The van der Waals surface area contributed by atoms with Crippen molar-refractivity contribution in [3.05, 3.63) is 16.1 Å².